The molecule has 0 aliphatic heterocycles. The zero-order valence-electron chi connectivity index (χ0n) is 4.46. The Morgan fingerprint density at radius 3 is 2.50 bits per heavy atom. The van der Waals surface area contributed by atoms with Crippen LogP contribution >= 0.6 is 0 Å². The Kier molecular flexibility index (Phi) is 3.17. The third-order valence-corrected chi connectivity index (χ3v) is 0.561. The minimum atomic E-state index is 0.292. The molecule has 0 atom stereocenters. The van der Waals surface area contributed by atoms with E-state index >= 15 is 0 Å². The van der Waals surface area contributed by atoms with Crippen molar-refractivity contribution in [3.63, 3.8) is 0 Å². The van der Waals surface area contributed by atoms with E-state index in [1.807, 2.05) is 6.07 Å². The Hall–Kier alpha value is -1.36. The normalized spacial score (nSPS) is 9.62. The van der Waals surface area contributed by atoms with Crippen molar-refractivity contribution in [2.45, 2.75) is 0 Å². The molecule has 0 spiro atoms. The zero-order valence-corrected chi connectivity index (χ0v) is 4.46. The maximum atomic E-state index is 8.16. The van der Waals surface area contributed by atoms with Gasteiger partial charge in [-0.1, -0.05) is 12.7 Å². The van der Waals surface area contributed by atoms with Gasteiger partial charge >= 0.3 is 0 Å². The Labute approximate surface area is 48.5 Å². The summed E-state index contributed by atoms with van der Waals surface area (Å²) < 4.78 is 0. The standard InChI is InChI=1S/C6H6N2/c1-3-4-6(5-7)8-2/h3-4H,1-2H2/b6-4-. The summed E-state index contributed by atoms with van der Waals surface area (Å²) in [6.45, 7) is 6.54. The summed E-state index contributed by atoms with van der Waals surface area (Å²) in [5.41, 5.74) is 0.292. The molecule has 0 saturated carbocycles. The number of hydrogen-bond donors (Lipinski definition) is 0. The lowest BCUT2D eigenvalue weighted by Crippen LogP contribution is -1.65. The van der Waals surface area contributed by atoms with Crippen LogP contribution in [0.3, 0.4) is 0 Å². The first-order chi connectivity index (χ1) is 3.85. The fourth-order valence-corrected chi connectivity index (χ4v) is 0.237. The Balaban J connectivity index is 4.12. The third kappa shape index (κ3) is 1.93. The first kappa shape index (κ1) is 6.64. The number of nitriles is 1. The van der Waals surface area contributed by atoms with Crippen LogP contribution in [0.1, 0.15) is 0 Å². The van der Waals surface area contributed by atoms with E-state index in [1.165, 1.54) is 12.2 Å². The maximum Gasteiger partial charge on any atom is 0.139 e. The molecule has 0 rings (SSSR count). The molecule has 0 radical (unpaired) electrons. The van der Waals surface area contributed by atoms with E-state index in [9.17, 15) is 0 Å². The van der Waals surface area contributed by atoms with E-state index < -0.39 is 0 Å². The summed E-state index contributed by atoms with van der Waals surface area (Å²) in [6.07, 6.45) is 2.99. The number of nitrogens with zero attached hydrogens (tertiary/aromatic N) is 2. The number of rotatable bonds is 2. The predicted molar refractivity (Wildman–Crippen MR) is 33.4 cm³/mol. The van der Waals surface area contributed by atoms with Gasteiger partial charge in [0.25, 0.3) is 0 Å². The van der Waals surface area contributed by atoms with Crippen molar-refractivity contribution >= 4 is 6.72 Å². The second kappa shape index (κ2) is 3.82. The minimum Gasteiger partial charge on any atom is -0.253 e. The van der Waals surface area contributed by atoms with Crippen LogP contribution in [0.4, 0.5) is 0 Å². The van der Waals surface area contributed by atoms with Crippen LogP contribution in [0.2, 0.25) is 0 Å². The Morgan fingerprint density at radius 1 is 1.75 bits per heavy atom. The SMILES string of the molecule is C=C/C=C(/C#N)N=C. The van der Waals surface area contributed by atoms with E-state index in [1.54, 1.807) is 0 Å². The van der Waals surface area contributed by atoms with Crippen molar-refractivity contribution in [2.24, 2.45) is 4.99 Å². The molecule has 0 aromatic rings. The summed E-state index contributed by atoms with van der Waals surface area (Å²) in [6, 6.07) is 1.81. The molecule has 0 aromatic carbocycles. The molecule has 0 N–H and O–H groups in total. The first-order valence-corrected chi connectivity index (χ1v) is 2.04. The molecule has 2 nitrogen and oxygen atoms in total. The van der Waals surface area contributed by atoms with Crippen molar-refractivity contribution in [3.05, 3.63) is 24.4 Å². The molecule has 40 valence electrons. The zero-order chi connectivity index (χ0) is 6.41. The van der Waals surface area contributed by atoms with Crippen LogP contribution in [0, 0.1) is 11.3 Å². The van der Waals surface area contributed by atoms with E-state index in [0.29, 0.717) is 5.70 Å². The minimum absolute atomic E-state index is 0.292. The van der Waals surface area contributed by atoms with Gasteiger partial charge in [-0.25, -0.2) is 0 Å². The van der Waals surface area contributed by atoms with Gasteiger partial charge in [0.15, 0.2) is 0 Å². The van der Waals surface area contributed by atoms with Gasteiger partial charge in [0.1, 0.15) is 11.8 Å². The lowest BCUT2D eigenvalue weighted by atomic mass is 10.4. The summed E-state index contributed by atoms with van der Waals surface area (Å²) in [7, 11) is 0. The van der Waals surface area contributed by atoms with Crippen LogP contribution in [-0.2, 0) is 0 Å². The second-order valence-electron chi connectivity index (χ2n) is 1.06. The van der Waals surface area contributed by atoms with Crippen molar-refractivity contribution in [1.82, 2.24) is 0 Å². The molecule has 2 heteroatoms. The molecule has 0 heterocycles. The molecule has 0 bridgehead atoms. The quantitative estimate of drug-likeness (QED) is 0.297. The fraction of sp³-hybridized carbons (Fsp3) is 0. The molecule has 0 fully saturated rings. The van der Waals surface area contributed by atoms with Gasteiger partial charge in [-0.3, -0.25) is 4.99 Å². The summed E-state index contributed by atoms with van der Waals surface area (Å²) in [5, 5.41) is 8.16. The number of allylic oxidation sites excluding steroid dienone is 3. The summed E-state index contributed by atoms with van der Waals surface area (Å²) in [4.78, 5) is 3.38. The number of aliphatic imine (C=N–C) groups is 1. The highest BCUT2D eigenvalue weighted by Crippen LogP contribution is 1.90. The van der Waals surface area contributed by atoms with Crippen LogP contribution < -0.4 is 0 Å². The van der Waals surface area contributed by atoms with Gasteiger partial charge in [-0.05, 0) is 12.8 Å². The molecule has 0 aromatic heterocycles. The van der Waals surface area contributed by atoms with E-state index in [0.717, 1.165) is 0 Å². The predicted octanol–water partition coefficient (Wildman–Crippen LogP) is 1.28. The molecule has 0 aliphatic rings. The van der Waals surface area contributed by atoms with Crippen molar-refractivity contribution in [2.75, 3.05) is 0 Å². The Morgan fingerprint density at radius 2 is 2.38 bits per heavy atom. The molecular weight excluding hydrogens is 100 g/mol. The smallest absolute Gasteiger partial charge is 0.139 e. The van der Waals surface area contributed by atoms with Crippen LogP contribution in [-0.4, -0.2) is 6.72 Å². The van der Waals surface area contributed by atoms with E-state index in [4.69, 9.17) is 5.26 Å². The fourth-order valence-electron chi connectivity index (χ4n) is 0.237. The average Bonchev–Trinajstić information content (AvgIpc) is 1.83. The topological polar surface area (TPSA) is 36.1 Å². The Bertz CT molecular complexity index is 160. The lowest BCUT2D eigenvalue weighted by molar-refractivity contribution is 1.40. The van der Waals surface area contributed by atoms with Crippen molar-refractivity contribution < 1.29 is 0 Å². The van der Waals surface area contributed by atoms with E-state index in [-0.39, 0.29) is 0 Å². The summed E-state index contributed by atoms with van der Waals surface area (Å²) in [5.74, 6) is 0. The van der Waals surface area contributed by atoms with Crippen LogP contribution in [0.5, 0.6) is 0 Å². The van der Waals surface area contributed by atoms with Gasteiger partial charge in [0.05, 0.1) is 0 Å². The van der Waals surface area contributed by atoms with Gasteiger partial charge in [-0.15, -0.1) is 0 Å². The molecule has 0 amide bonds. The maximum absolute atomic E-state index is 8.16. The van der Waals surface area contributed by atoms with Gasteiger partial charge in [0, 0.05) is 0 Å². The second-order valence-corrected chi connectivity index (χ2v) is 1.06. The monoisotopic (exact) mass is 106 g/mol. The highest BCUT2D eigenvalue weighted by atomic mass is 14.7. The van der Waals surface area contributed by atoms with Crippen molar-refractivity contribution in [3.8, 4) is 6.07 Å². The molecule has 0 aliphatic carbocycles. The highest BCUT2D eigenvalue weighted by molar-refractivity contribution is 5.35. The van der Waals surface area contributed by atoms with E-state index in [2.05, 4.69) is 18.3 Å². The van der Waals surface area contributed by atoms with Crippen molar-refractivity contribution in [1.29, 1.82) is 5.26 Å². The highest BCUT2D eigenvalue weighted by Gasteiger charge is 1.79. The van der Waals surface area contributed by atoms with Crippen LogP contribution in [0.15, 0.2) is 29.4 Å². The summed E-state index contributed by atoms with van der Waals surface area (Å²) >= 11 is 0. The third-order valence-electron chi connectivity index (χ3n) is 0.561. The molecule has 0 saturated heterocycles. The largest absolute Gasteiger partial charge is 0.253 e. The number of hydrogen-bond acceptors (Lipinski definition) is 2. The molecular formula is C6H6N2. The molecule has 8 heavy (non-hydrogen) atoms. The van der Waals surface area contributed by atoms with Gasteiger partial charge in [0.2, 0.25) is 0 Å². The average molecular weight is 106 g/mol. The lowest BCUT2D eigenvalue weighted by Gasteiger charge is -1.76. The molecule has 0 unspecified atom stereocenters. The van der Waals surface area contributed by atoms with Gasteiger partial charge < -0.3 is 0 Å². The van der Waals surface area contributed by atoms with Crippen LogP contribution in [0.25, 0.3) is 0 Å². The van der Waals surface area contributed by atoms with Gasteiger partial charge in [-0.2, -0.15) is 5.26 Å². The first-order valence-electron chi connectivity index (χ1n) is 2.04.